The van der Waals surface area contributed by atoms with Gasteiger partial charge in [-0.2, -0.15) is 0 Å². The van der Waals surface area contributed by atoms with Crippen molar-refractivity contribution in [1.29, 1.82) is 0 Å². The first-order chi connectivity index (χ1) is 8.77. The molecule has 88 valence electrons. The first-order valence-electron chi connectivity index (χ1n) is 5.63. The molecule has 0 radical (unpaired) electrons. The normalized spacial score (nSPS) is 10.7. The van der Waals surface area contributed by atoms with Crippen LogP contribution in [0.5, 0.6) is 0 Å². The molecule has 0 atom stereocenters. The molecule has 3 rings (SSSR count). The van der Waals surface area contributed by atoms with E-state index in [0.29, 0.717) is 11.3 Å². The van der Waals surface area contributed by atoms with E-state index < -0.39 is 0 Å². The molecule has 2 N–H and O–H groups in total. The Morgan fingerprint density at radius 3 is 2.50 bits per heavy atom. The fraction of sp³-hybridized carbons (Fsp3) is 0. The van der Waals surface area contributed by atoms with Gasteiger partial charge in [0.1, 0.15) is 0 Å². The zero-order valence-corrected chi connectivity index (χ0v) is 10.4. The number of nitrogen functional groups attached to an aromatic ring is 1. The standard InChI is InChI=1S/C15H11NOS/c16-13-7-3-1-6-11(13)15(17)12-9-18-14-8-4-2-5-10(12)14/h1-9H,16H2. The Bertz CT molecular complexity index is 730. The summed E-state index contributed by atoms with van der Waals surface area (Å²) in [6, 6.07) is 15.1. The minimum absolute atomic E-state index is 0.00875. The number of hydrogen-bond donors (Lipinski definition) is 1. The van der Waals surface area contributed by atoms with Gasteiger partial charge in [-0.3, -0.25) is 4.79 Å². The Kier molecular flexibility index (Phi) is 2.61. The van der Waals surface area contributed by atoms with Crippen molar-refractivity contribution >= 4 is 32.9 Å². The summed E-state index contributed by atoms with van der Waals surface area (Å²) in [5, 5.41) is 2.90. The lowest BCUT2D eigenvalue weighted by atomic mass is 10.0. The highest BCUT2D eigenvalue weighted by molar-refractivity contribution is 7.17. The van der Waals surface area contributed by atoms with Gasteiger partial charge in [0.05, 0.1) is 0 Å². The minimum atomic E-state index is -0.00875. The van der Waals surface area contributed by atoms with Gasteiger partial charge in [-0.15, -0.1) is 11.3 Å². The molecule has 0 saturated carbocycles. The number of hydrogen-bond acceptors (Lipinski definition) is 3. The molecule has 0 aliphatic carbocycles. The lowest BCUT2D eigenvalue weighted by Gasteiger charge is -2.03. The van der Waals surface area contributed by atoms with E-state index in [-0.39, 0.29) is 5.78 Å². The van der Waals surface area contributed by atoms with E-state index >= 15 is 0 Å². The molecular formula is C15H11NOS. The van der Waals surface area contributed by atoms with Gasteiger partial charge in [-0.25, -0.2) is 0 Å². The van der Waals surface area contributed by atoms with E-state index in [1.807, 2.05) is 41.8 Å². The van der Waals surface area contributed by atoms with Crippen molar-refractivity contribution in [3.05, 3.63) is 65.0 Å². The third-order valence-electron chi connectivity index (χ3n) is 2.93. The number of ketones is 1. The minimum Gasteiger partial charge on any atom is -0.398 e. The van der Waals surface area contributed by atoms with Crippen LogP contribution in [0.2, 0.25) is 0 Å². The number of anilines is 1. The molecule has 3 aromatic rings. The third-order valence-corrected chi connectivity index (χ3v) is 3.89. The lowest BCUT2D eigenvalue weighted by molar-refractivity contribution is 0.104. The number of para-hydroxylation sites is 1. The predicted octanol–water partition coefficient (Wildman–Crippen LogP) is 3.71. The summed E-state index contributed by atoms with van der Waals surface area (Å²) in [6.07, 6.45) is 0. The number of rotatable bonds is 2. The molecule has 0 bridgehead atoms. The van der Waals surface area contributed by atoms with E-state index in [0.717, 1.165) is 15.6 Å². The highest BCUT2D eigenvalue weighted by Gasteiger charge is 2.15. The molecule has 2 nitrogen and oxygen atoms in total. The fourth-order valence-corrected chi connectivity index (χ4v) is 2.94. The second kappa shape index (κ2) is 4.27. The molecule has 2 aromatic carbocycles. The van der Waals surface area contributed by atoms with Gasteiger partial charge in [-0.1, -0.05) is 30.3 Å². The third kappa shape index (κ3) is 1.69. The summed E-state index contributed by atoms with van der Waals surface area (Å²) in [6.45, 7) is 0. The number of carbonyl (C=O) groups is 1. The van der Waals surface area contributed by atoms with Crippen LogP contribution in [0.3, 0.4) is 0 Å². The lowest BCUT2D eigenvalue weighted by Crippen LogP contribution is -2.04. The number of benzene rings is 2. The quantitative estimate of drug-likeness (QED) is 0.559. The maximum Gasteiger partial charge on any atom is 0.196 e. The molecule has 0 unspecified atom stereocenters. The Hall–Kier alpha value is -2.13. The van der Waals surface area contributed by atoms with Crippen LogP contribution in [0.4, 0.5) is 5.69 Å². The van der Waals surface area contributed by atoms with Crippen molar-refractivity contribution in [2.75, 3.05) is 5.73 Å². The molecule has 0 saturated heterocycles. The van der Waals surface area contributed by atoms with Gasteiger partial charge in [0.25, 0.3) is 0 Å². The van der Waals surface area contributed by atoms with Crippen LogP contribution in [0.25, 0.3) is 10.1 Å². The fourth-order valence-electron chi connectivity index (χ4n) is 2.00. The van der Waals surface area contributed by atoms with Crippen molar-refractivity contribution in [2.45, 2.75) is 0 Å². The van der Waals surface area contributed by atoms with Gasteiger partial charge in [0.2, 0.25) is 0 Å². The van der Waals surface area contributed by atoms with Gasteiger partial charge in [-0.05, 0) is 18.2 Å². The average molecular weight is 253 g/mol. The summed E-state index contributed by atoms with van der Waals surface area (Å²) >= 11 is 1.58. The van der Waals surface area contributed by atoms with Gasteiger partial charge in [0.15, 0.2) is 5.78 Å². The molecule has 0 amide bonds. The smallest absolute Gasteiger partial charge is 0.196 e. The molecule has 0 spiro atoms. The molecule has 1 aromatic heterocycles. The molecule has 18 heavy (non-hydrogen) atoms. The second-order valence-corrected chi connectivity index (χ2v) is 4.97. The summed E-state index contributed by atoms with van der Waals surface area (Å²) < 4.78 is 1.12. The Morgan fingerprint density at radius 2 is 1.67 bits per heavy atom. The van der Waals surface area contributed by atoms with E-state index in [4.69, 9.17) is 5.73 Å². The van der Waals surface area contributed by atoms with Crippen LogP contribution in [0.15, 0.2) is 53.9 Å². The topological polar surface area (TPSA) is 43.1 Å². The van der Waals surface area contributed by atoms with Crippen molar-refractivity contribution < 1.29 is 4.79 Å². The molecule has 3 heteroatoms. The first kappa shape index (κ1) is 11.0. The van der Waals surface area contributed by atoms with E-state index in [9.17, 15) is 4.79 Å². The van der Waals surface area contributed by atoms with Crippen molar-refractivity contribution in [3.63, 3.8) is 0 Å². The summed E-state index contributed by atoms with van der Waals surface area (Å²) in [5.41, 5.74) is 7.68. The molecule has 0 fully saturated rings. The van der Waals surface area contributed by atoms with Gasteiger partial charge >= 0.3 is 0 Å². The van der Waals surface area contributed by atoms with Gasteiger partial charge < -0.3 is 5.73 Å². The Morgan fingerprint density at radius 1 is 0.944 bits per heavy atom. The van der Waals surface area contributed by atoms with Crippen molar-refractivity contribution in [2.24, 2.45) is 0 Å². The van der Waals surface area contributed by atoms with E-state index in [2.05, 4.69) is 0 Å². The van der Waals surface area contributed by atoms with Crippen LogP contribution >= 0.6 is 11.3 Å². The summed E-state index contributed by atoms with van der Waals surface area (Å²) in [7, 11) is 0. The largest absolute Gasteiger partial charge is 0.398 e. The van der Waals surface area contributed by atoms with E-state index in [1.54, 1.807) is 23.5 Å². The van der Waals surface area contributed by atoms with Crippen LogP contribution in [0, 0.1) is 0 Å². The summed E-state index contributed by atoms with van der Waals surface area (Å²) in [5.74, 6) is -0.00875. The monoisotopic (exact) mass is 253 g/mol. The summed E-state index contributed by atoms with van der Waals surface area (Å²) in [4.78, 5) is 12.5. The van der Waals surface area contributed by atoms with Gasteiger partial charge in [0, 0.05) is 32.3 Å². The highest BCUT2D eigenvalue weighted by atomic mass is 32.1. The molecule has 1 heterocycles. The maximum atomic E-state index is 12.5. The number of fused-ring (bicyclic) bond motifs is 1. The van der Waals surface area contributed by atoms with Crippen LogP contribution in [-0.2, 0) is 0 Å². The maximum absolute atomic E-state index is 12.5. The van der Waals surface area contributed by atoms with Crippen LogP contribution in [-0.4, -0.2) is 5.78 Å². The van der Waals surface area contributed by atoms with Crippen LogP contribution < -0.4 is 5.73 Å². The van der Waals surface area contributed by atoms with E-state index in [1.165, 1.54) is 0 Å². The zero-order chi connectivity index (χ0) is 12.5. The number of thiophene rings is 1. The average Bonchev–Trinajstić information content (AvgIpc) is 2.82. The molecule has 0 aliphatic heterocycles. The highest BCUT2D eigenvalue weighted by Crippen LogP contribution is 2.28. The SMILES string of the molecule is Nc1ccccc1C(=O)c1csc2ccccc12. The van der Waals surface area contributed by atoms with Crippen molar-refractivity contribution in [1.82, 2.24) is 0 Å². The Balaban J connectivity index is 2.16. The predicted molar refractivity (Wildman–Crippen MR) is 76.1 cm³/mol. The first-order valence-corrected chi connectivity index (χ1v) is 6.51. The van der Waals surface area contributed by atoms with Crippen molar-refractivity contribution in [3.8, 4) is 0 Å². The molecular weight excluding hydrogens is 242 g/mol. The number of nitrogens with two attached hydrogens (primary N) is 1. The zero-order valence-electron chi connectivity index (χ0n) is 9.59. The van der Waals surface area contributed by atoms with Crippen LogP contribution in [0.1, 0.15) is 15.9 Å². The number of carbonyl (C=O) groups excluding carboxylic acids is 1. The Labute approximate surface area is 109 Å². The molecule has 0 aliphatic rings. The second-order valence-electron chi connectivity index (χ2n) is 4.06.